The Hall–Kier alpha value is -3.95. The highest BCUT2D eigenvalue weighted by atomic mass is 16.3. The van der Waals surface area contributed by atoms with Crippen LogP contribution in [0.5, 0.6) is 0 Å². The summed E-state index contributed by atoms with van der Waals surface area (Å²) < 4.78 is 3.42. The maximum absolute atomic E-state index is 13.3. The Kier molecular flexibility index (Phi) is 6.28. The molecule has 0 spiro atoms. The second-order valence-corrected chi connectivity index (χ2v) is 11.0. The van der Waals surface area contributed by atoms with E-state index >= 15 is 0 Å². The molecule has 1 aliphatic heterocycles. The van der Waals surface area contributed by atoms with Gasteiger partial charge in [0.1, 0.15) is 5.39 Å². The van der Waals surface area contributed by atoms with Gasteiger partial charge in [-0.2, -0.15) is 4.98 Å². The molecule has 0 amide bonds. The number of aliphatic hydroxyl groups is 1. The smallest absolute Gasteiger partial charge is 0.278 e. The van der Waals surface area contributed by atoms with Crippen molar-refractivity contribution in [3.8, 4) is 5.69 Å². The van der Waals surface area contributed by atoms with Gasteiger partial charge in [0.25, 0.3) is 5.56 Å². The highest BCUT2D eigenvalue weighted by Gasteiger charge is 2.32. The number of allylic oxidation sites excluding steroid dienone is 1. The predicted octanol–water partition coefficient (Wildman–Crippen LogP) is 3.73. The molecule has 1 aliphatic carbocycles. The van der Waals surface area contributed by atoms with Crippen LogP contribution in [0.2, 0.25) is 0 Å². The number of rotatable bonds is 6. The van der Waals surface area contributed by atoms with Gasteiger partial charge in [0.05, 0.1) is 17.8 Å². The summed E-state index contributed by atoms with van der Waals surface area (Å²) in [6.45, 7) is 12.3. The molecule has 1 fully saturated rings. The van der Waals surface area contributed by atoms with E-state index in [2.05, 4.69) is 52.8 Å². The van der Waals surface area contributed by atoms with E-state index in [0.717, 1.165) is 55.1 Å². The summed E-state index contributed by atoms with van der Waals surface area (Å²) in [7, 11) is 2.16. The molecule has 1 atom stereocenters. The molecule has 2 aliphatic rings. The minimum atomic E-state index is -0.895. The number of benzene rings is 2. The molecule has 2 aromatic carbocycles. The number of hydrogen-bond acceptors (Lipinski definition) is 7. The number of aromatic nitrogens is 4. The predicted molar refractivity (Wildman–Crippen MR) is 155 cm³/mol. The van der Waals surface area contributed by atoms with Crippen LogP contribution in [0.15, 0.2) is 60.0 Å². The van der Waals surface area contributed by atoms with E-state index in [-0.39, 0.29) is 5.56 Å². The molecule has 39 heavy (non-hydrogen) atoms. The van der Waals surface area contributed by atoms with Gasteiger partial charge in [0.15, 0.2) is 5.65 Å². The van der Waals surface area contributed by atoms with Crippen molar-refractivity contribution in [3.05, 3.63) is 82.3 Å². The number of hydrogen-bond donors (Lipinski definition) is 2. The molecule has 0 bridgehead atoms. The van der Waals surface area contributed by atoms with Gasteiger partial charge in [0, 0.05) is 43.8 Å². The van der Waals surface area contributed by atoms with Gasteiger partial charge in [-0.25, -0.2) is 14.3 Å². The quantitative estimate of drug-likeness (QED) is 0.371. The molecule has 0 saturated carbocycles. The molecular weight excluding hydrogens is 490 g/mol. The average Bonchev–Trinajstić information content (AvgIpc) is 3.37. The third-order valence-electron chi connectivity index (χ3n) is 8.07. The van der Waals surface area contributed by atoms with Gasteiger partial charge < -0.3 is 20.2 Å². The van der Waals surface area contributed by atoms with Crippen LogP contribution in [0.4, 0.5) is 17.3 Å². The monoisotopic (exact) mass is 525 g/mol. The highest BCUT2D eigenvalue weighted by molar-refractivity contribution is 5.77. The number of anilines is 3. The van der Waals surface area contributed by atoms with Gasteiger partial charge in [-0.1, -0.05) is 12.1 Å². The molecule has 4 aromatic rings. The fourth-order valence-electron chi connectivity index (χ4n) is 5.83. The summed E-state index contributed by atoms with van der Waals surface area (Å²) in [5, 5.41) is 14.7. The van der Waals surface area contributed by atoms with Crippen LogP contribution in [0.3, 0.4) is 0 Å². The molecule has 1 unspecified atom stereocenters. The van der Waals surface area contributed by atoms with Crippen molar-refractivity contribution in [1.29, 1.82) is 0 Å². The lowest BCUT2D eigenvalue weighted by atomic mass is 9.98. The van der Waals surface area contributed by atoms with Gasteiger partial charge in [-0.3, -0.25) is 4.79 Å². The molecule has 2 aromatic heterocycles. The van der Waals surface area contributed by atoms with Crippen molar-refractivity contribution >= 4 is 28.4 Å². The van der Waals surface area contributed by atoms with Crippen molar-refractivity contribution in [3.63, 3.8) is 0 Å². The van der Waals surface area contributed by atoms with Crippen LogP contribution in [-0.4, -0.2) is 62.6 Å². The van der Waals surface area contributed by atoms with E-state index < -0.39 is 5.60 Å². The number of piperazine rings is 1. The minimum Gasteiger partial charge on any atom is -0.385 e. The zero-order valence-electron chi connectivity index (χ0n) is 22.8. The summed E-state index contributed by atoms with van der Waals surface area (Å²) in [4.78, 5) is 27.4. The Morgan fingerprint density at radius 2 is 1.95 bits per heavy atom. The van der Waals surface area contributed by atoms with Crippen molar-refractivity contribution in [2.75, 3.05) is 43.4 Å². The molecule has 2 N–H and O–H groups in total. The van der Waals surface area contributed by atoms with E-state index in [1.807, 2.05) is 35.9 Å². The van der Waals surface area contributed by atoms with Crippen LogP contribution in [0.1, 0.15) is 30.0 Å². The van der Waals surface area contributed by atoms with Crippen LogP contribution in [0, 0.1) is 6.92 Å². The number of nitrogens with one attached hydrogen (secondary N) is 1. The Morgan fingerprint density at radius 3 is 2.69 bits per heavy atom. The maximum atomic E-state index is 13.3. The summed E-state index contributed by atoms with van der Waals surface area (Å²) in [6.07, 6.45) is 4.79. The standard InChI is InChI=1S/C30H35N7O2/c1-5-12-36-28(38)24-19-31-29(32-22-7-9-26(20(2)17-22)35-15-13-34(4)14-16-35)33-27(24)37(36)23-8-6-21-10-11-30(3,39)25(21)18-23/h5-9,17-19,39H,1,10-16H2,2-4H3,(H,31,32,33). The Balaban J connectivity index is 1.37. The number of likely N-dealkylation sites (N-methyl/N-ethyl adjacent to an activating group) is 1. The molecule has 202 valence electrons. The molecule has 6 rings (SSSR count). The van der Waals surface area contributed by atoms with E-state index in [9.17, 15) is 9.90 Å². The lowest BCUT2D eigenvalue weighted by Crippen LogP contribution is -2.44. The fourth-order valence-corrected chi connectivity index (χ4v) is 5.83. The summed E-state index contributed by atoms with van der Waals surface area (Å²) in [6, 6.07) is 12.3. The second-order valence-electron chi connectivity index (χ2n) is 11.0. The SMILES string of the molecule is C=CCn1c(=O)c2cnc(Nc3ccc(N4CCN(C)CC4)c(C)c3)nc2n1-c1ccc2c(c1)C(C)(O)CC2. The van der Waals surface area contributed by atoms with Crippen molar-refractivity contribution in [2.24, 2.45) is 0 Å². The molecule has 1 saturated heterocycles. The first kappa shape index (κ1) is 25.3. The van der Waals surface area contributed by atoms with E-state index in [4.69, 9.17) is 4.98 Å². The van der Waals surface area contributed by atoms with E-state index in [0.29, 0.717) is 29.9 Å². The van der Waals surface area contributed by atoms with E-state index in [1.54, 1.807) is 17.0 Å². The minimum absolute atomic E-state index is 0.184. The largest absolute Gasteiger partial charge is 0.385 e. The van der Waals surface area contributed by atoms with Gasteiger partial charge in [-0.15, -0.1) is 6.58 Å². The first-order valence-electron chi connectivity index (χ1n) is 13.5. The van der Waals surface area contributed by atoms with Crippen LogP contribution in [0.25, 0.3) is 16.7 Å². The third kappa shape index (κ3) is 4.51. The molecule has 9 nitrogen and oxygen atoms in total. The van der Waals surface area contributed by atoms with Crippen LogP contribution < -0.4 is 15.8 Å². The maximum Gasteiger partial charge on any atom is 0.278 e. The lowest BCUT2D eigenvalue weighted by Gasteiger charge is -2.35. The summed E-state index contributed by atoms with van der Waals surface area (Å²) >= 11 is 0. The van der Waals surface area contributed by atoms with Gasteiger partial charge >= 0.3 is 0 Å². The Morgan fingerprint density at radius 1 is 1.15 bits per heavy atom. The second kappa shape index (κ2) is 9.66. The summed E-state index contributed by atoms with van der Waals surface area (Å²) in [5.74, 6) is 0.409. The summed E-state index contributed by atoms with van der Waals surface area (Å²) in [5.41, 5.74) is 5.53. The molecular formula is C30H35N7O2. The zero-order chi connectivity index (χ0) is 27.3. The van der Waals surface area contributed by atoms with Crippen molar-refractivity contribution in [2.45, 2.75) is 38.8 Å². The Labute approximate surface area is 228 Å². The first-order chi connectivity index (χ1) is 18.7. The highest BCUT2D eigenvalue weighted by Crippen LogP contribution is 2.37. The lowest BCUT2D eigenvalue weighted by molar-refractivity contribution is 0.0594. The number of nitrogens with zero attached hydrogens (tertiary/aromatic N) is 6. The Bertz CT molecular complexity index is 1630. The van der Waals surface area contributed by atoms with Gasteiger partial charge in [-0.05, 0) is 80.8 Å². The number of aryl methyl sites for hydroxylation is 2. The zero-order valence-corrected chi connectivity index (χ0v) is 22.8. The van der Waals surface area contributed by atoms with Gasteiger partial charge in [0.2, 0.25) is 5.95 Å². The van der Waals surface area contributed by atoms with Crippen molar-refractivity contribution in [1.82, 2.24) is 24.2 Å². The average molecular weight is 526 g/mol. The van der Waals surface area contributed by atoms with Crippen LogP contribution >= 0.6 is 0 Å². The van der Waals surface area contributed by atoms with E-state index in [1.165, 1.54) is 11.3 Å². The fraction of sp³-hybridized carbons (Fsp3) is 0.367. The topological polar surface area (TPSA) is 91.5 Å². The first-order valence-corrected chi connectivity index (χ1v) is 13.5. The third-order valence-corrected chi connectivity index (χ3v) is 8.07. The van der Waals surface area contributed by atoms with Crippen LogP contribution in [-0.2, 0) is 18.6 Å². The normalized spacial score (nSPS) is 19.4. The molecule has 3 heterocycles. The molecule has 9 heteroatoms. The van der Waals surface area contributed by atoms with Crippen molar-refractivity contribution < 1.29 is 5.11 Å². The number of fused-ring (bicyclic) bond motifs is 2. The molecule has 0 radical (unpaired) electrons.